The summed E-state index contributed by atoms with van der Waals surface area (Å²) < 4.78 is 50.8. The van der Waals surface area contributed by atoms with Gasteiger partial charge >= 0.3 is 0 Å². The number of halogens is 4. The van der Waals surface area contributed by atoms with Crippen LogP contribution in [0.15, 0.2) is 6.07 Å². The molecule has 1 aromatic carbocycles. The zero-order chi connectivity index (χ0) is 10.9. The zero-order valence-corrected chi connectivity index (χ0v) is 7.20. The molecule has 0 heterocycles. The minimum atomic E-state index is -1.83. The summed E-state index contributed by atoms with van der Waals surface area (Å²) in [6.45, 7) is 1.36. The van der Waals surface area contributed by atoms with Crippen LogP contribution >= 0.6 is 0 Å². The van der Waals surface area contributed by atoms with Crippen LogP contribution in [0.2, 0.25) is 0 Å². The molecule has 0 saturated heterocycles. The average molecular weight is 206 g/mol. The predicted octanol–water partition coefficient (Wildman–Crippen LogP) is 2.84. The fourth-order valence-electron chi connectivity index (χ4n) is 0.999. The lowest BCUT2D eigenvalue weighted by atomic mass is 10.1. The third-order valence-electron chi connectivity index (χ3n) is 1.71. The van der Waals surface area contributed by atoms with Crippen molar-refractivity contribution in [2.24, 2.45) is 0 Å². The van der Waals surface area contributed by atoms with Gasteiger partial charge in [0.2, 0.25) is 0 Å². The first kappa shape index (κ1) is 10.7. The Balaban J connectivity index is 3.44. The van der Waals surface area contributed by atoms with E-state index in [0.29, 0.717) is 0 Å². The van der Waals surface area contributed by atoms with E-state index in [1.807, 2.05) is 0 Å². The Bertz CT molecular complexity index is 387. The van der Waals surface area contributed by atoms with Gasteiger partial charge in [0, 0.05) is 12.5 Å². The van der Waals surface area contributed by atoms with Crippen molar-refractivity contribution in [3.05, 3.63) is 34.9 Å². The van der Waals surface area contributed by atoms with Crippen molar-refractivity contribution >= 4 is 5.78 Å². The topological polar surface area (TPSA) is 17.1 Å². The Morgan fingerprint density at radius 2 is 1.71 bits per heavy atom. The molecule has 0 N–H and O–H groups in total. The van der Waals surface area contributed by atoms with Gasteiger partial charge in [0.15, 0.2) is 23.2 Å². The van der Waals surface area contributed by atoms with Crippen molar-refractivity contribution in [1.82, 2.24) is 0 Å². The first-order chi connectivity index (χ1) is 6.49. The van der Waals surface area contributed by atoms with E-state index in [2.05, 4.69) is 0 Å². The standard InChI is InChI=1S/C9H6F4O/c1-2-6(14)7-4(10)3-5(11)8(12)9(7)13/h3H,2H2,1H3. The number of rotatable bonds is 2. The van der Waals surface area contributed by atoms with Crippen molar-refractivity contribution < 1.29 is 22.4 Å². The van der Waals surface area contributed by atoms with Crippen molar-refractivity contribution in [1.29, 1.82) is 0 Å². The maximum absolute atomic E-state index is 12.9. The van der Waals surface area contributed by atoms with Gasteiger partial charge in [0.1, 0.15) is 5.82 Å². The molecule has 1 nitrogen and oxygen atoms in total. The van der Waals surface area contributed by atoms with Crippen LogP contribution in [0, 0.1) is 23.3 Å². The molecule has 0 spiro atoms. The molecular formula is C9H6F4O. The Labute approximate surface area is 77.3 Å². The smallest absolute Gasteiger partial charge is 0.195 e. The molecule has 0 unspecified atom stereocenters. The molecule has 1 rings (SSSR count). The van der Waals surface area contributed by atoms with Gasteiger partial charge in [-0.2, -0.15) is 0 Å². The minimum Gasteiger partial charge on any atom is -0.294 e. The van der Waals surface area contributed by atoms with Gasteiger partial charge in [0.25, 0.3) is 0 Å². The molecule has 14 heavy (non-hydrogen) atoms. The summed E-state index contributed by atoms with van der Waals surface area (Å²) in [5, 5.41) is 0. The van der Waals surface area contributed by atoms with E-state index in [4.69, 9.17) is 0 Å². The van der Waals surface area contributed by atoms with Gasteiger partial charge in [0.05, 0.1) is 5.56 Å². The monoisotopic (exact) mass is 206 g/mol. The zero-order valence-electron chi connectivity index (χ0n) is 7.20. The van der Waals surface area contributed by atoms with Crippen LogP contribution < -0.4 is 0 Å². The van der Waals surface area contributed by atoms with Crippen LogP contribution in [0.25, 0.3) is 0 Å². The van der Waals surface area contributed by atoms with E-state index in [-0.39, 0.29) is 12.5 Å². The van der Waals surface area contributed by atoms with Crippen LogP contribution in [-0.4, -0.2) is 5.78 Å². The number of ketones is 1. The Morgan fingerprint density at radius 3 is 2.21 bits per heavy atom. The summed E-state index contributed by atoms with van der Waals surface area (Å²) in [6, 6.07) is 0.154. The van der Waals surface area contributed by atoms with Crippen molar-refractivity contribution in [2.75, 3.05) is 0 Å². The molecule has 0 aromatic heterocycles. The van der Waals surface area contributed by atoms with Crippen LogP contribution in [0.5, 0.6) is 0 Å². The molecule has 0 aliphatic heterocycles. The molecule has 0 aliphatic rings. The molecule has 0 fully saturated rings. The highest BCUT2D eigenvalue weighted by Crippen LogP contribution is 2.20. The fraction of sp³-hybridized carbons (Fsp3) is 0.222. The molecule has 0 aliphatic carbocycles. The van der Waals surface area contributed by atoms with E-state index in [0.717, 1.165) is 0 Å². The van der Waals surface area contributed by atoms with E-state index in [1.165, 1.54) is 6.92 Å². The number of carbonyl (C=O) groups excluding carboxylic acids is 1. The van der Waals surface area contributed by atoms with Crippen molar-refractivity contribution in [3.8, 4) is 0 Å². The Kier molecular flexibility index (Phi) is 2.88. The first-order valence-corrected chi connectivity index (χ1v) is 3.85. The highest BCUT2D eigenvalue weighted by molar-refractivity contribution is 5.96. The summed E-state index contributed by atoms with van der Waals surface area (Å²) in [6.07, 6.45) is -0.182. The molecule has 5 heteroatoms. The Morgan fingerprint density at radius 1 is 1.14 bits per heavy atom. The van der Waals surface area contributed by atoms with Gasteiger partial charge < -0.3 is 0 Å². The largest absolute Gasteiger partial charge is 0.294 e. The van der Waals surface area contributed by atoms with Gasteiger partial charge in [-0.3, -0.25) is 4.79 Å². The molecular weight excluding hydrogens is 200 g/mol. The quantitative estimate of drug-likeness (QED) is 0.314. The summed E-state index contributed by atoms with van der Waals surface area (Å²) in [5.41, 5.74) is -1.02. The second-order valence-corrected chi connectivity index (χ2v) is 2.62. The van der Waals surface area contributed by atoms with Crippen molar-refractivity contribution in [3.63, 3.8) is 0 Å². The lowest BCUT2D eigenvalue weighted by molar-refractivity contribution is 0.0978. The fourth-order valence-corrected chi connectivity index (χ4v) is 0.999. The lowest BCUT2D eigenvalue weighted by Crippen LogP contribution is -2.08. The minimum absolute atomic E-state index is 0.154. The van der Waals surface area contributed by atoms with Gasteiger partial charge in [-0.05, 0) is 0 Å². The molecule has 76 valence electrons. The van der Waals surface area contributed by atoms with E-state index in [1.54, 1.807) is 0 Å². The number of hydrogen-bond donors (Lipinski definition) is 0. The molecule has 0 amide bonds. The summed E-state index contributed by atoms with van der Waals surface area (Å²) >= 11 is 0. The van der Waals surface area contributed by atoms with Crippen molar-refractivity contribution in [2.45, 2.75) is 13.3 Å². The average Bonchev–Trinajstić information content (AvgIpc) is 2.14. The number of hydrogen-bond acceptors (Lipinski definition) is 1. The van der Waals surface area contributed by atoms with Crippen LogP contribution in [0.3, 0.4) is 0 Å². The normalized spacial score (nSPS) is 10.4. The molecule has 0 atom stereocenters. The van der Waals surface area contributed by atoms with Gasteiger partial charge in [-0.25, -0.2) is 17.6 Å². The second-order valence-electron chi connectivity index (χ2n) is 2.62. The first-order valence-electron chi connectivity index (χ1n) is 3.85. The lowest BCUT2D eigenvalue weighted by Gasteiger charge is -2.03. The second kappa shape index (κ2) is 3.77. The van der Waals surface area contributed by atoms with E-state index >= 15 is 0 Å². The summed E-state index contributed by atoms with van der Waals surface area (Å²) in [5.74, 6) is -7.53. The highest BCUT2D eigenvalue weighted by atomic mass is 19.2. The molecule has 0 radical (unpaired) electrons. The molecule has 0 bridgehead atoms. The molecule has 1 aromatic rings. The van der Waals surface area contributed by atoms with Crippen LogP contribution in [0.4, 0.5) is 17.6 Å². The van der Waals surface area contributed by atoms with Gasteiger partial charge in [-0.1, -0.05) is 6.92 Å². The Hall–Kier alpha value is -1.39. The van der Waals surface area contributed by atoms with E-state index < -0.39 is 34.6 Å². The number of Topliss-reactive ketones (excluding diaryl/α,β-unsaturated/α-hetero) is 1. The SMILES string of the molecule is CCC(=O)c1c(F)cc(F)c(F)c1F. The van der Waals surface area contributed by atoms with Crippen LogP contribution in [0.1, 0.15) is 23.7 Å². The number of benzene rings is 1. The van der Waals surface area contributed by atoms with Gasteiger partial charge in [-0.15, -0.1) is 0 Å². The molecule has 0 saturated carbocycles. The highest BCUT2D eigenvalue weighted by Gasteiger charge is 2.22. The van der Waals surface area contributed by atoms with E-state index in [9.17, 15) is 22.4 Å². The third-order valence-corrected chi connectivity index (χ3v) is 1.71. The third kappa shape index (κ3) is 1.62. The summed E-state index contributed by atoms with van der Waals surface area (Å²) in [4.78, 5) is 10.9. The number of carbonyl (C=O) groups is 1. The predicted molar refractivity (Wildman–Crippen MR) is 40.9 cm³/mol. The summed E-state index contributed by atoms with van der Waals surface area (Å²) in [7, 11) is 0. The maximum atomic E-state index is 12.9. The maximum Gasteiger partial charge on any atom is 0.195 e. The van der Waals surface area contributed by atoms with Crippen LogP contribution in [-0.2, 0) is 0 Å².